The standard InChI is InChI=1S/C14H27N3O2S/c1-4-17(5-2)14(19)11(3)16-13(18)10-20-12-6-8-15-9-7-12/h11-12,15H,4-10H2,1-3H3,(H,16,18). The van der Waals surface area contributed by atoms with Crippen LogP contribution in [0.15, 0.2) is 0 Å². The van der Waals surface area contributed by atoms with Gasteiger partial charge in [0.15, 0.2) is 0 Å². The molecule has 0 spiro atoms. The third-order valence-corrected chi connectivity index (χ3v) is 4.93. The molecule has 1 aliphatic heterocycles. The Kier molecular flexibility index (Phi) is 7.99. The molecule has 5 nitrogen and oxygen atoms in total. The van der Waals surface area contributed by atoms with Crippen molar-refractivity contribution in [1.82, 2.24) is 15.5 Å². The van der Waals surface area contributed by atoms with E-state index in [-0.39, 0.29) is 11.8 Å². The Labute approximate surface area is 126 Å². The Bertz CT molecular complexity index is 316. The summed E-state index contributed by atoms with van der Waals surface area (Å²) < 4.78 is 0. The predicted molar refractivity (Wildman–Crippen MR) is 83.9 cm³/mol. The van der Waals surface area contributed by atoms with E-state index in [0.717, 1.165) is 25.9 Å². The van der Waals surface area contributed by atoms with Crippen molar-refractivity contribution in [3.8, 4) is 0 Å². The lowest BCUT2D eigenvalue weighted by Gasteiger charge is -2.24. The molecule has 1 atom stereocenters. The van der Waals surface area contributed by atoms with Gasteiger partial charge < -0.3 is 15.5 Å². The highest BCUT2D eigenvalue weighted by atomic mass is 32.2. The van der Waals surface area contributed by atoms with E-state index >= 15 is 0 Å². The van der Waals surface area contributed by atoms with Gasteiger partial charge in [-0.2, -0.15) is 0 Å². The number of hydrogen-bond acceptors (Lipinski definition) is 4. The first kappa shape index (κ1) is 17.3. The quantitative estimate of drug-likeness (QED) is 0.732. The maximum Gasteiger partial charge on any atom is 0.244 e. The number of nitrogens with zero attached hydrogens (tertiary/aromatic N) is 1. The summed E-state index contributed by atoms with van der Waals surface area (Å²) in [7, 11) is 0. The van der Waals surface area contributed by atoms with Gasteiger partial charge >= 0.3 is 0 Å². The van der Waals surface area contributed by atoms with Gasteiger partial charge in [0.05, 0.1) is 5.75 Å². The van der Waals surface area contributed by atoms with Gasteiger partial charge in [-0.15, -0.1) is 11.8 Å². The molecule has 20 heavy (non-hydrogen) atoms. The lowest BCUT2D eigenvalue weighted by Crippen LogP contribution is -2.47. The van der Waals surface area contributed by atoms with E-state index in [9.17, 15) is 9.59 Å². The highest BCUT2D eigenvalue weighted by molar-refractivity contribution is 8.00. The van der Waals surface area contributed by atoms with Crippen molar-refractivity contribution >= 4 is 23.6 Å². The number of hydrogen-bond donors (Lipinski definition) is 2. The molecular weight excluding hydrogens is 274 g/mol. The van der Waals surface area contributed by atoms with Gasteiger partial charge in [-0.1, -0.05) is 0 Å². The second kappa shape index (κ2) is 9.23. The summed E-state index contributed by atoms with van der Waals surface area (Å²) >= 11 is 1.70. The Morgan fingerprint density at radius 1 is 1.30 bits per heavy atom. The molecule has 1 heterocycles. The molecule has 6 heteroatoms. The molecule has 0 aromatic heterocycles. The fourth-order valence-corrected chi connectivity index (χ4v) is 3.35. The summed E-state index contributed by atoms with van der Waals surface area (Å²) in [5.74, 6) is 0.400. The molecule has 0 radical (unpaired) electrons. The SMILES string of the molecule is CCN(CC)C(=O)C(C)NC(=O)CSC1CCNCC1. The zero-order chi connectivity index (χ0) is 15.0. The lowest BCUT2D eigenvalue weighted by molar-refractivity contribution is -0.135. The lowest BCUT2D eigenvalue weighted by atomic mass is 10.2. The summed E-state index contributed by atoms with van der Waals surface area (Å²) in [5.41, 5.74) is 0. The van der Waals surface area contributed by atoms with Crippen LogP contribution in [0.25, 0.3) is 0 Å². The number of amides is 2. The average molecular weight is 301 g/mol. The number of piperidine rings is 1. The molecule has 2 N–H and O–H groups in total. The van der Waals surface area contributed by atoms with E-state index in [2.05, 4.69) is 10.6 Å². The summed E-state index contributed by atoms with van der Waals surface area (Å²) in [4.78, 5) is 25.7. The smallest absolute Gasteiger partial charge is 0.244 e. The first-order chi connectivity index (χ1) is 9.58. The first-order valence-electron chi connectivity index (χ1n) is 7.48. The van der Waals surface area contributed by atoms with Crippen LogP contribution in [0.2, 0.25) is 0 Å². The van der Waals surface area contributed by atoms with Crippen molar-refractivity contribution in [3.63, 3.8) is 0 Å². The fourth-order valence-electron chi connectivity index (χ4n) is 2.31. The van der Waals surface area contributed by atoms with Crippen molar-refractivity contribution in [2.45, 2.75) is 44.9 Å². The molecule has 1 saturated heterocycles. The zero-order valence-electron chi connectivity index (χ0n) is 12.8. The minimum atomic E-state index is -0.434. The highest BCUT2D eigenvalue weighted by Crippen LogP contribution is 2.19. The number of rotatable bonds is 7. The van der Waals surface area contributed by atoms with Crippen LogP contribution in [0, 0.1) is 0 Å². The Morgan fingerprint density at radius 2 is 1.90 bits per heavy atom. The molecule has 2 amide bonds. The maximum absolute atomic E-state index is 12.0. The summed E-state index contributed by atoms with van der Waals surface area (Å²) in [5, 5.41) is 6.68. The Balaban J connectivity index is 2.28. The van der Waals surface area contributed by atoms with Gasteiger partial charge in [-0.05, 0) is 46.7 Å². The second-order valence-corrected chi connectivity index (χ2v) is 6.35. The summed E-state index contributed by atoms with van der Waals surface area (Å²) in [6.45, 7) is 9.09. The zero-order valence-corrected chi connectivity index (χ0v) is 13.6. The Morgan fingerprint density at radius 3 is 2.45 bits per heavy atom. The van der Waals surface area contributed by atoms with Crippen molar-refractivity contribution in [2.75, 3.05) is 31.9 Å². The normalized spacial score (nSPS) is 17.6. The van der Waals surface area contributed by atoms with Gasteiger partial charge in [0.1, 0.15) is 6.04 Å². The molecule has 0 aromatic rings. The molecule has 0 aliphatic carbocycles. The monoisotopic (exact) mass is 301 g/mol. The molecule has 0 aromatic carbocycles. The van der Waals surface area contributed by atoms with Gasteiger partial charge in [0.25, 0.3) is 0 Å². The van der Waals surface area contributed by atoms with E-state index in [1.165, 1.54) is 0 Å². The van der Waals surface area contributed by atoms with Crippen LogP contribution in [0.3, 0.4) is 0 Å². The second-order valence-electron chi connectivity index (χ2n) is 5.06. The van der Waals surface area contributed by atoms with E-state index < -0.39 is 6.04 Å². The average Bonchev–Trinajstić information content (AvgIpc) is 2.47. The van der Waals surface area contributed by atoms with E-state index in [4.69, 9.17) is 0 Å². The molecule has 1 rings (SSSR count). The number of thioether (sulfide) groups is 1. The molecule has 1 fully saturated rings. The maximum atomic E-state index is 12.0. The first-order valence-corrected chi connectivity index (χ1v) is 8.53. The topological polar surface area (TPSA) is 61.4 Å². The largest absolute Gasteiger partial charge is 0.344 e. The molecule has 0 bridgehead atoms. The number of likely N-dealkylation sites (N-methyl/N-ethyl adjacent to an activating group) is 1. The van der Waals surface area contributed by atoms with E-state index in [0.29, 0.717) is 24.1 Å². The van der Waals surface area contributed by atoms with Crippen LogP contribution >= 0.6 is 11.8 Å². The van der Waals surface area contributed by atoms with Crippen molar-refractivity contribution in [1.29, 1.82) is 0 Å². The molecular formula is C14H27N3O2S. The van der Waals surface area contributed by atoms with E-state index in [1.54, 1.807) is 23.6 Å². The molecule has 1 aliphatic rings. The predicted octanol–water partition coefficient (Wildman–Crippen LogP) is 0.845. The van der Waals surface area contributed by atoms with E-state index in [1.807, 2.05) is 13.8 Å². The molecule has 0 saturated carbocycles. The van der Waals surface area contributed by atoms with Crippen LogP contribution in [-0.2, 0) is 9.59 Å². The van der Waals surface area contributed by atoms with Crippen LogP contribution < -0.4 is 10.6 Å². The van der Waals surface area contributed by atoms with Crippen molar-refractivity contribution in [3.05, 3.63) is 0 Å². The number of nitrogens with one attached hydrogen (secondary N) is 2. The third kappa shape index (κ3) is 5.71. The van der Waals surface area contributed by atoms with Crippen LogP contribution in [0.5, 0.6) is 0 Å². The van der Waals surface area contributed by atoms with Crippen LogP contribution in [0.4, 0.5) is 0 Å². The Hall–Kier alpha value is -0.750. The van der Waals surface area contributed by atoms with Gasteiger partial charge in [-0.3, -0.25) is 9.59 Å². The van der Waals surface area contributed by atoms with Gasteiger partial charge in [-0.25, -0.2) is 0 Å². The summed E-state index contributed by atoms with van der Waals surface area (Å²) in [6, 6.07) is -0.434. The summed E-state index contributed by atoms with van der Waals surface area (Å²) in [6.07, 6.45) is 2.23. The van der Waals surface area contributed by atoms with Crippen molar-refractivity contribution < 1.29 is 9.59 Å². The minimum Gasteiger partial charge on any atom is -0.344 e. The van der Waals surface area contributed by atoms with Crippen LogP contribution in [-0.4, -0.2) is 59.9 Å². The fraction of sp³-hybridized carbons (Fsp3) is 0.857. The van der Waals surface area contributed by atoms with Gasteiger partial charge in [0, 0.05) is 18.3 Å². The van der Waals surface area contributed by atoms with Crippen LogP contribution in [0.1, 0.15) is 33.6 Å². The number of carbonyl (C=O) groups is 2. The minimum absolute atomic E-state index is 0.00443. The molecule has 1 unspecified atom stereocenters. The third-order valence-electron chi connectivity index (χ3n) is 3.56. The van der Waals surface area contributed by atoms with Crippen molar-refractivity contribution in [2.24, 2.45) is 0 Å². The number of carbonyl (C=O) groups excluding carboxylic acids is 2. The van der Waals surface area contributed by atoms with Gasteiger partial charge in [0.2, 0.25) is 11.8 Å². The highest BCUT2D eigenvalue weighted by Gasteiger charge is 2.21. The molecule has 116 valence electrons.